The van der Waals surface area contributed by atoms with Crippen LogP contribution < -0.4 is 25.4 Å². The van der Waals surface area contributed by atoms with Gasteiger partial charge in [0.25, 0.3) is 0 Å². The molecule has 0 radical (unpaired) electrons. The zero-order valence-corrected chi connectivity index (χ0v) is 36.7. The van der Waals surface area contributed by atoms with E-state index in [-0.39, 0.29) is 62.0 Å². The summed E-state index contributed by atoms with van der Waals surface area (Å²) in [6.45, 7) is 7.64. The average molecular weight is 877 g/mol. The number of carbonyl (C=O) groups excluding carboxylic acids is 4. The molecule has 0 saturated heterocycles. The lowest BCUT2D eigenvalue weighted by Crippen LogP contribution is -2.56. The Balaban J connectivity index is 1.23. The van der Waals surface area contributed by atoms with E-state index in [1.807, 2.05) is 147 Å². The van der Waals surface area contributed by atoms with Crippen molar-refractivity contribution < 1.29 is 42.5 Å². The summed E-state index contributed by atoms with van der Waals surface area (Å²) in [6.07, 6.45) is -0.748. The van der Waals surface area contributed by atoms with Gasteiger partial charge in [0.1, 0.15) is 61.5 Å². The minimum atomic E-state index is -1.39. The van der Waals surface area contributed by atoms with Crippen molar-refractivity contribution in [2.75, 3.05) is 6.61 Å². The van der Waals surface area contributed by atoms with Crippen LogP contribution in [0.5, 0.6) is 11.5 Å². The Labute approximate surface area is 377 Å². The molecule has 0 saturated carbocycles. The Kier molecular flexibility index (Phi) is 13.3. The van der Waals surface area contributed by atoms with Gasteiger partial charge in [-0.1, -0.05) is 149 Å². The molecule has 3 amide bonds. The molecule has 3 heterocycles. The molecular weight excluding hydrogens is 825 g/mol. The monoisotopic (exact) mass is 876 g/mol. The lowest BCUT2D eigenvalue weighted by molar-refractivity contribution is -0.131. The van der Waals surface area contributed by atoms with Gasteiger partial charge in [0.15, 0.2) is 11.5 Å². The maximum Gasteiger partial charge on any atom is 0.408 e. The number of carbonyl (C=O) groups is 4. The molecule has 4 bridgehead atoms. The van der Waals surface area contributed by atoms with Gasteiger partial charge in [-0.2, -0.15) is 0 Å². The number of amides is 3. The van der Waals surface area contributed by atoms with Crippen molar-refractivity contribution in [1.82, 2.24) is 20.9 Å². The van der Waals surface area contributed by atoms with Crippen LogP contribution >= 0.6 is 0 Å². The molecule has 2 aliphatic heterocycles. The van der Waals surface area contributed by atoms with E-state index in [4.69, 9.17) is 28.3 Å². The van der Waals surface area contributed by atoms with E-state index in [9.17, 15) is 19.2 Å². The van der Waals surface area contributed by atoms with Crippen molar-refractivity contribution in [3.8, 4) is 11.5 Å². The minimum Gasteiger partial charge on any atom is -0.489 e. The van der Waals surface area contributed by atoms with E-state index >= 15 is 0 Å². The van der Waals surface area contributed by atoms with Crippen LogP contribution in [0.25, 0.3) is 0 Å². The first-order chi connectivity index (χ1) is 31.5. The number of para-hydroxylation sites is 1. The molecule has 13 nitrogen and oxygen atoms in total. The summed E-state index contributed by atoms with van der Waals surface area (Å²) in [6, 6.07) is 38.8. The summed E-state index contributed by atoms with van der Waals surface area (Å²) < 4.78 is 31.7. The van der Waals surface area contributed by atoms with Crippen LogP contribution in [0.1, 0.15) is 89.3 Å². The van der Waals surface area contributed by atoms with Crippen LogP contribution in [0.3, 0.4) is 0 Å². The van der Waals surface area contributed by atoms with E-state index in [2.05, 4.69) is 16.0 Å². The number of ether oxygens (including phenoxy) is 4. The van der Waals surface area contributed by atoms with Gasteiger partial charge in [-0.15, -0.1) is 0 Å². The molecule has 0 fully saturated rings. The van der Waals surface area contributed by atoms with E-state index < -0.39 is 47.4 Å². The zero-order valence-electron chi connectivity index (χ0n) is 36.7. The summed E-state index contributed by atoms with van der Waals surface area (Å²) in [5, 5.41) is 8.72. The highest BCUT2D eigenvalue weighted by atomic mass is 16.6. The van der Waals surface area contributed by atoms with Gasteiger partial charge in [0.05, 0.1) is 0 Å². The third-order valence-electron chi connectivity index (χ3n) is 11.7. The fraction of sp³-hybridized carbons (Fsp3) is 0.288. The number of nitrogens with zero attached hydrogens (tertiary/aromatic N) is 1. The second-order valence-electron chi connectivity index (χ2n) is 17.0. The van der Waals surface area contributed by atoms with Crippen LogP contribution in [0.4, 0.5) is 4.79 Å². The van der Waals surface area contributed by atoms with Crippen LogP contribution in [-0.4, -0.2) is 47.6 Å². The molecule has 4 atom stereocenters. The number of rotatable bonds is 14. The van der Waals surface area contributed by atoms with Crippen LogP contribution in [0.2, 0.25) is 0 Å². The van der Waals surface area contributed by atoms with Gasteiger partial charge in [0, 0.05) is 17.5 Å². The summed E-state index contributed by atoms with van der Waals surface area (Å²) in [5.41, 5.74) is 3.07. The molecule has 5 aromatic carbocycles. The van der Waals surface area contributed by atoms with E-state index in [1.54, 1.807) is 13.8 Å². The first-order valence-electron chi connectivity index (χ1n) is 21.8. The van der Waals surface area contributed by atoms with Crippen molar-refractivity contribution in [2.45, 2.75) is 77.5 Å². The van der Waals surface area contributed by atoms with E-state index in [1.165, 1.54) is 0 Å². The summed E-state index contributed by atoms with van der Waals surface area (Å²) in [7, 11) is 0. The quantitative estimate of drug-likeness (QED) is 0.0910. The largest absolute Gasteiger partial charge is 0.489 e. The number of oxazole rings is 1. The Morgan fingerprint density at radius 1 is 0.754 bits per heavy atom. The van der Waals surface area contributed by atoms with Crippen molar-refractivity contribution >= 4 is 23.9 Å². The Hall–Kier alpha value is -7.41. The number of alkyl carbamates (subject to hydrolysis) is 1. The van der Waals surface area contributed by atoms with E-state index in [0.29, 0.717) is 28.2 Å². The lowest BCUT2D eigenvalue weighted by Gasteiger charge is -2.37. The number of esters is 1. The number of aromatic nitrogens is 1. The molecule has 2 aliphatic rings. The topological polar surface area (TPSA) is 167 Å². The second-order valence-corrected chi connectivity index (χ2v) is 17.0. The number of nitrogens with one attached hydrogen (secondary N) is 3. The Morgan fingerprint density at radius 2 is 1.34 bits per heavy atom. The van der Waals surface area contributed by atoms with Crippen molar-refractivity contribution in [3.63, 3.8) is 0 Å². The molecule has 13 heteroatoms. The molecule has 6 aromatic rings. The Morgan fingerprint density at radius 3 is 1.95 bits per heavy atom. The normalized spacial score (nSPS) is 18.3. The molecule has 0 aliphatic carbocycles. The standard InChI is InChI=1S/C52H52N4O9/c1-32(2)43(56-51(60)63-30-36-20-12-7-13-21-36)48(58)53-40-27-37-24-25-42(62-29-35-18-10-6-11-19-35)39(26-37)52(38-22-14-15-23-41(38)61-28-34-16-8-5-9-17-34)31-64-50(59)45-46(52)65-49(55-45)44(33(3)4)54-47(40)57/h5-26,32-33,40,43-44H,27-31H2,1-4H3,(H,53,58)(H,54,57)(H,56,60)/t40-,43-,44-,52+/m0/s1. The fourth-order valence-electron chi connectivity index (χ4n) is 8.23. The van der Waals surface area contributed by atoms with E-state index in [0.717, 1.165) is 16.7 Å². The number of fused-ring (bicyclic) bond motifs is 4. The van der Waals surface area contributed by atoms with Crippen LogP contribution in [0.15, 0.2) is 138 Å². The minimum absolute atomic E-state index is 0.0140. The van der Waals surface area contributed by atoms with Gasteiger partial charge < -0.3 is 39.3 Å². The summed E-state index contributed by atoms with van der Waals surface area (Å²) in [5.74, 6) is -1.19. The third-order valence-corrected chi connectivity index (χ3v) is 11.7. The van der Waals surface area contributed by atoms with Crippen LogP contribution in [-0.2, 0) is 50.7 Å². The van der Waals surface area contributed by atoms with Crippen molar-refractivity contribution in [3.05, 3.63) is 184 Å². The first kappa shape index (κ1) is 44.2. The maximum absolute atomic E-state index is 14.6. The van der Waals surface area contributed by atoms with Crippen LogP contribution in [0, 0.1) is 11.8 Å². The molecule has 334 valence electrons. The predicted octanol–water partition coefficient (Wildman–Crippen LogP) is 8.14. The summed E-state index contributed by atoms with van der Waals surface area (Å²) >= 11 is 0. The van der Waals surface area contributed by atoms with Gasteiger partial charge in [-0.3, -0.25) is 9.59 Å². The second kappa shape index (κ2) is 19.5. The molecule has 8 rings (SSSR count). The maximum atomic E-state index is 14.6. The fourth-order valence-corrected chi connectivity index (χ4v) is 8.23. The zero-order chi connectivity index (χ0) is 45.5. The molecule has 65 heavy (non-hydrogen) atoms. The smallest absolute Gasteiger partial charge is 0.408 e. The van der Waals surface area contributed by atoms with Crippen molar-refractivity contribution in [2.24, 2.45) is 11.8 Å². The highest BCUT2D eigenvalue weighted by Gasteiger charge is 2.53. The third kappa shape index (κ3) is 9.74. The lowest BCUT2D eigenvalue weighted by atomic mass is 9.70. The first-order valence-corrected chi connectivity index (χ1v) is 21.8. The average Bonchev–Trinajstić information content (AvgIpc) is 3.78. The number of hydrogen-bond acceptors (Lipinski definition) is 10. The summed E-state index contributed by atoms with van der Waals surface area (Å²) in [4.78, 5) is 60.5. The number of hydrogen-bond donors (Lipinski definition) is 3. The molecule has 1 aromatic heterocycles. The molecule has 0 unspecified atom stereocenters. The van der Waals surface area contributed by atoms with Crippen molar-refractivity contribution in [1.29, 1.82) is 0 Å². The SMILES string of the molecule is CC(C)[C@H](NC(=O)OCc1ccccc1)C(=O)N[C@H]1Cc2ccc(OCc3ccccc3)c(c2)[C@]2(c3ccccc3OCc3ccccc3)COC(=O)c3nc(oc32)[C@H](C(C)C)NC1=O. The predicted molar refractivity (Wildman–Crippen MR) is 241 cm³/mol. The number of cyclic esters (lactones) is 1. The molecular formula is C52H52N4O9. The van der Waals surface area contributed by atoms with Gasteiger partial charge in [-0.25, -0.2) is 14.6 Å². The number of benzene rings is 5. The van der Waals surface area contributed by atoms with Gasteiger partial charge >= 0.3 is 12.1 Å². The molecule has 3 N–H and O–H groups in total. The van der Waals surface area contributed by atoms with Gasteiger partial charge in [-0.05, 0) is 46.2 Å². The highest BCUT2D eigenvalue weighted by Crippen LogP contribution is 2.51. The highest BCUT2D eigenvalue weighted by molar-refractivity contribution is 5.93. The van der Waals surface area contributed by atoms with Gasteiger partial charge in [0.2, 0.25) is 17.7 Å². The molecule has 0 spiro atoms. The Bertz CT molecular complexity index is 2630.